The van der Waals surface area contributed by atoms with Gasteiger partial charge in [-0.15, -0.1) is 0 Å². The van der Waals surface area contributed by atoms with E-state index in [0.717, 1.165) is 26.2 Å². The van der Waals surface area contributed by atoms with Gasteiger partial charge in [0.15, 0.2) is 0 Å². The molecule has 2 rings (SSSR count). The Balaban J connectivity index is 1.81. The van der Waals surface area contributed by atoms with Gasteiger partial charge in [0.1, 0.15) is 5.82 Å². The second kappa shape index (κ2) is 8.96. The third-order valence-electron chi connectivity index (χ3n) is 4.08. The van der Waals surface area contributed by atoms with E-state index in [-0.39, 0.29) is 0 Å². The average Bonchev–Trinajstić information content (AvgIpc) is 2.52. The van der Waals surface area contributed by atoms with Crippen LogP contribution in [0.25, 0.3) is 0 Å². The highest BCUT2D eigenvalue weighted by Gasteiger charge is 2.14. The number of aryl methyl sites for hydroxylation is 1. The van der Waals surface area contributed by atoms with Crippen molar-refractivity contribution in [2.75, 3.05) is 31.1 Å². The van der Waals surface area contributed by atoms with Gasteiger partial charge in [-0.1, -0.05) is 45.1 Å². The van der Waals surface area contributed by atoms with Gasteiger partial charge in [-0.25, -0.2) is 4.98 Å². The van der Waals surface area contributed by atoms with Crippen LogP contribution in [-0.4, -0.2) is 31.2 Å². The molecule has 0 bridgehead atoms. The molecule has 3 nitrogen and oxygen atoms in total. The van der Waals surface area contributed by atoms with Crippen molar-refractivity contribution in [1.82, 2.24) is 10.3 Å². The molecule has 3 heteroatoms. The van der Waals surface area contributed by atoms with E-state index in [1.54, 1.807) is 0 Å². The molecule has 2 heterocycles. The Morgan fingerprint density at radius 3 is 2.65 bits per heavy atom. The van der Waals surface area contributed by atoms with Crippen LogP contribution in [0.15, 0.2) is 18.3 Å². The minimum Gasteiger partial charge on any atom is -0.354 e. The van der Waals surface area contributed by atoms with E-state index in [9.17, 15) is 0 Å². The first-order chi connectivity index (χ1) is 9.92. The first kappa shape index (κ1) is 15.3. The molecule has 1 N–H and O–H groups in total. The summed E-state index contributed by atoms with van der Waals surface area (Å²) in [5, 5.41) is 3.41. The van der Waals surface area contributed by atoms with Crippen LogP contribution in [0.4, 0.5) is 5.82 Å². The summed E-state index contributed by atoms with van der Waals surface area (Å²) in [7, 11) is 0. The number of aromatic nitrogens is 1. The number of unbranched alkanes of at least 4 members (excludes halogenated alkanes) is 5. The van der Waals surface area contributed by atoms with Crippen molar-refractivity contribution in [3.05, 3.63) is 23.9 Å². The van der Waals surface area contributed by atoms with Crippen LogP contribution in [0, 0.1) is 0 Å². The molecule has 112 valence electrons. The second-order valence-electron chi connectivity index (χ2n) is 5.74. The maximum absolute atomic E-state index is 4.63. The molecule has 1 aromatic rings. The van der Waals surface area contributed by atoms with Gasteiger partial charge in [0.05, 0.1) is 0 Å². The first-order valence-corrected chi connectivity index (χ1v) is 8.31. The maximum Gasteiger partial charge on any atom is 0.131 e. The molecule has 0 amide bonds. The fraction of sp³-hybridized carbons (Fsp3) is 0.706. The lowest BCUT2D eigenvalue weighted by Gasteiger charge is -2.30. The number of hydrogen-bond acceptors (Lipinski definition) is 3. The van der Waals surface area contributed by atoms with Crippen molar-refractivity contribution in [1.29, 1.82) is 0 Å². The van der Waals surface area contributed by atoms with Crippen LogP contribution in [0.5, 0.6) is 0 Å². The van der Waals surface area contributed by atoms with Crippen LogP contribution in [0.2, 0.25) is 0 Å². The van der Waals surface area contributed by atoms with Gasteiger partial charge in [-0.3, -0.25) is 0 Å². The molecule has 0 aliphatic carbocycles. The van der Waals surface area contributed by atoms with Crippen LogP contribution in [-0.2, 0) is 6.42 Å². The van der Waals surface area contributed by atoms with Gasteiger partial charge in [0, 0.05) is 32.4 Å². The number of rotatable bonds is 8. The van der Waals surface area contributed by atoms with Gasteiger partial charge in [-0.2, -0.15) is 0 Å². The Morgan fingerprint density at radius 2 is 1.85 bits per heavy atom. The minimum absolute atomic E-state index is 1.08. The molecule has 0 spiro atoms. The van der Waals surface area contributed by atoms with Crippen molar-refractivity contribution in [3.8, 4) is 0 Å². The van der Waals surface area contributed by atoms with Gasteiger partial charge in [-0.05, 0) is 24.5 Å². The second-order valence-corrected chi connectivity index (χ2v) is 5.74. The molecule has 0 saturated carbocycles. The third kappa shape index (κ3) is 4.78. The molecule has 0 unspecified atom stereocenters. The highest BCUT2D eigenvalue weighted by Crippen LogP contribution is 2.20. The van der Waals surface area contributed by atoms with E-state index >= 15 is 0 Å². The summed E-state index contributed by atoms with van der Waals surface area (Å²) in [5.41, 5.74) is 1.44. The summed E-state index contributed by atoms with van der Waals surface area (Å²) < 4.78 is 0. The van der Waals surface area contributed by atoms with Gasteiger partial charge in [0.2, 0.25) is 0 Å². The van der Waals surface area contributed by atoms with Crippen molar-refractivity contribution >= 4 is 5.82 Å². The first-order valence-electron chi connectivity index (χ1n) is 8.31. The molecule has 1 fully saturated rings. The monoisotopic (exact) mass is 275 g/mol. The molecule has 20 heavy (non-hydrogen) atoms. The number of hydrogen-bond donors (Lipinski definition) is 1. The average molecular weight is 275 g/mol. The number of pyridine rings is 1. The van der Waals surface area contributed by atoms with Gasteiger partial charge >= 0.3 is 0 Å². The Morgan fingerprint density at radius 1 is 1.10 bits per heavy atom. The van der Waals surface area contributed by atoms with Gasteiger partial charge in [0.25, 0.3) is 0 Å². The van der Waals surface area contributed by atoms with E-state index < -0.39 is 0 Å². The topological polar surface area (TPSA) is 28.2 Å². The number of piperazine rings is 1. The summed E-state index contributed by atoms with van der Waals surface area (Å²) in [4.78, 5) is 7.06. The molecule has 0 radical (unpaired) electrons. The molecule has 1 aliphatic rings. The molecular weight excluding hydrogens is 246 g/mol. The van der Waals surface area contributed by atoms with E-state index in [1.165, 1.54) is 56.3 Å². The Hall–Kier alpha value is -1.09. The highest BCUT2D eigenvalue weighted by molar-refractivity contribution is 5.47. The molecular formula is C17H29N3. The van der Waals surface area contributed by atoms with Crippen LogP contribution in [0.3, 0.4) is 0 Å². The number of nitrogens with one attached hydrogen (secondary N) is 1. The SMILES string of the molecule is CCCCCCCCc1cccnc1N1CCNCC1. The highest BCUT2D eigenvalue weighted by atomic mass is 15.2. The van der Waals surface area contributed by atoms with Crippen LogP contribution in [0.1, 0.15) is 51.0 Å². The summed E-state index contributed by atoms with van der Waals surface area (Å²) in [6.45, 7) is 6.59. The third-order valence-corrected chi connectivity index (χ3v) is 4.08. The zero-order valence-corrected chi connectivity index (χ0v) is 12.9. The minimum atomic E-state index is 1.08. The summed E-state index contributed by atoms with van der Waals surface area (Å²) in [5.74, 6) is 1.22. The quantitative estimate of drug-likeness (QED) is 0.737. The lowest BCUT2D eigenvalue weighted by atomic mass is 10.0. The predicted molar refractivity (Wildman–Crippen MR) is 86.4 cm³/mol. The Bertz CT molecular complexity index is 372. The van der Waals surface area contributed by atoms with Gasteiger partial charge < -0.3 is 10.2 Å². The van der Waals surface area contributed by atoms with Crippen LogP contribution >= 0.6 is 0 Å². The smallest absolute Gasteiger partial charge is 0.131 e. The Kier molecular flexibility index (Phi) is 6.85. The Labute approximate surface area is 123 Å². The molecule has 0 aromatic carbocycles. The number of nitrogens with zero attached hydrogens (tertiary/aromatic N) is 2. The van der Waals surface area contributed by atoms with Crippen molar-refractivity contribution in [3.63, 3.8) is 0 Å². The van der Waals surface area contributed by atoms with Crippen molar-refractivity contribution < 1.29 is 0 Å². The summed E-state index contributed by atoms with van der Waals surface area (Å²) in [6, 6.07) is 4.34. The molecule has 0 atom stereocenters. The van der Waals surface area contributed by atoms with Crippen LogP contribution < -0.4 is 10.2 Å². The molecule has 1 aromatic heterocycles. The van der Waals surface area contributed by atoms with E-state index in [0.29, 0.717) is 0 Å². The van der Waals surface area contributed by atoms with E-state index in [4.69, 9.17) is 0 Å². The summed E-state index contributed by atoms with van der Waals surface area (Å²) >= 11 is 0. The predicted octanol–water partition coefficient (Wildman–Crippen LogP) is 3.39. The normalized spacial score (nSPS) is 15.6. The lowest BCUT2D eigenvalue weighted by molar-refractivity contribution is 0.579. The lowest BCUT2D eigenvalue weighted by Crippen LogP contribution is -2.44. The summed E-state index contributed by atoms with van der Waals surface area (Å²) in [6.07, 6.45) is 11.3. The fourth-order valence-electron chi connectivity index (χ4n) is 2.88. The van der Waals surface area contributed by atoms with Crippen molar-refractivity contribution in [2.24, 2.45) is 0 Å². The maximum atomic E-state index is 4.63. The number of anilines is 1. The van der Waals surface area contributed by atoms with E-state index in [1.807, 2.05) is 6.20 Å². The van der Waals surface area contributed by atoms with E-state index in [2.05, 4.69) is 34.3 Å². The largest absolute Gasteiger partial charge is 0.354 e. The zero-order chi connectivity index (χ0) is 14.0. The fourth-order valence-corrected chi connectivity index (χ4v) is 2.88. The standard InChI is InChI=1S/C17H29N3/c1-2-3-4-5-6-7-9-16-10-8-11-19-17(16)20-14-12-18-13-15-20/h8,10-11,18H,2-7,9,12-15H2,1H3. The molecule has 1 saturated heterocycles. The molecule has 1 aliphatic heterocycles. The zero-order valence-electron chi connectivity index (χ0n) is 12.9. The van der Waals surface area contributed by atoms with Crippen molar-refractivity contribution in [2.45, 2.75) is 51.9 Å².